The van der Waals surface area contributed by atoms with Crippen molar-refractivity contribution in [2.45, 2.75) is 39.5 Å². The number of pyridine rings is 1. The van der Waals surface area contributed by atoms with Crippen LogP contribution in [-0.2, 0) is 19.3 Å². The third-order valence-corrected chi connectivity index (χ3v) is 2.71. The molecule has 2 nitrogen and oxygen atoms in total. The monoisotopic (exact) mass is 191 g/mol. The molecule has 2 rings (SSSR count). The Labute approximate surface area is 85.3 Å². The summed E-state index contributed by atoms with van der Waals surface area (Å²) in [6, 6.07) is 2.20. The van der Waals surface area contributed by atoms with Gasteiger partial charge in [0.25, 0.3) is 0 Å². The molecule has 0 saturated carbocycles. The highest BCUT2D eigenvalue weighted by Gasteiger charge is 2.15. The number of ether oxygens (including phenoxy) is 1. The second-order valence-corrected chi connectivity index (χ2v) is 3.71. The van der Waals surface area contributed by atoms with Gasteiger partial charge in [0.05, 0.1) is 12.3 Å². The maximum absolute atomic E-state index is 5.68. The summed E-state index contributed by atoms with van der Waals surface area (Å²) in [6.07, 6.45) is 4.28. The molecule has 0 bridgehead atoms. The van der Waals surface area contributed by atoms with Crippen LogP contribution in [-0.4, -0.2) is 11.6 Å². The summed E-state index contributed by atoms with van der Waals surface area (Å²) in [5, 5.41) is 0. The van der Waals surface area contributed by atoms with E-state index in [9.17, 15) is 0 Å². The van der Waals surface area contributed by atoms with E-state index < -0.39 is 0 Å². The smallest absolute Gasteiger partial charge is 0.143 e. The van der Waals surface area contributed by atoms with Crippen molar-refractivity contribution in [2.75, 3.05) is 6.61 Å². The number of rotatable bonds is 2. The molecular formula is C12H17NO. The van der Waals surface area contributed by atoms with Crippen molar-refractivity contribution in [3.8, 4) is 5.75 Å². The van der Waals surface area contributed by atoms with Crippen LogP contribution in [0, 0.1) is 0 Å². The fourth-order valence-corrected chi connectivity index (χ4v) is 1.93. The molecule has 0 amide bonds. The van der Waals surface area contributed by atoms with Gasteiger partial charge in [-0.05, 0) is 37.3 Å². The molecule has 0 N–H and O–H groups in total. The molecule has 0 radical (unpaired) electrons. The van der Waals surface area contributed by atoms with Gasteiger partial charge in [0.2, 0.25) is 0 Å². The van der Waals surface area contributed by atoms with E-state index in [-0.39, 0.29) is 0 Å². The average Bonchev–Trinajstić information content (AvgIpc) is 2.27. The molecule has 0 fully saturated rings. The Morgan fingerprint density at radius 2 is 2.21 bits per heavy atom. The van der Waals surface area contributed by atoms with Gasteiger partial charge in [-0.2, -0.15) is 0 Å². The molecule has 1 aromatic rings. The van der Waals surface area contributed by atoms with Crippen molar-refractivity contribution in [1.82, 2.24) is 4.98 Å². The minimum absolute atomic E-state index is 0.854. The van der Waals surface area contributed by atoms with E-state index in [4.69, 9.17) is 4.74 Å². The molecule has 2 heteroatoms. The molecule has 0 aromatic carbocycles. The van der Waals surface area contributed by atoms with Gasteiger partial charge in [-0.15, -0.1) is 0 Å². The first-order chi connectivity index (χ1) is 6.85. The SMILES string of the molecule is CCc1cc2c(c(CC)n1)OCCC2. The fourth-order valence-electron chi connectivity index (χ4n) is 1.93. The van der Waals surface area contributed by atoms with Crippen LogP contribution in [0.5, 0.6) is 5.75 Å². The lowest BCUT2D eigenvalue weighted by molar-refractivity contribution is 0.283. The molecule has 0 unspecified atom stereocenters. The number of nitrogens with zero attached hydrogens (tertiary/aromatic N) is 1. The van der Waals surface area contributed by atoms with Crippen molar-refractivity contribution in [3.05, 3.63) is 23.0 Å². The Kier molecular flexibility index (Phi) is 2.71. The van der Waals surface area contributed by atoms with E-state index in [1.54, 1.807) is 0 Å². The molecule has 0 spiro atoms. The van der Waals surface area contributed by atoms with E-state index in [0.717, 1.165) is 43.7 Å². The zero-order valence-electron chi connectivity index (χ0n) is 8.97. The third kappa shape index (κ3) is 1.61. The average molecular weight is 191 g/mol. The molecule has 1 aliphatic rings. The number of aryl methyl sites for hydroxylation is 3. The van der Waals surface area contributed by atoms with Crippen LogP contribution in [0.15, 0.2) is 6.07 Å². The molecule has 2 heterocycles. The molecule has 0 atom stereocenters. The highest BCUT2D eigenvalue weighted by atomic mass is 16.5. The van der Waals surface area contributed by atoms with Gasteiger partial charge in [0.15, 0.2) is 0 Å². The van der Waals surface area contributed by atoms with Crippen molar-refractivity contribution in [3.63, 3.8) is 0 Å². The van der Waals surface area contributed by atoms with Gasteiger partial charge in [-0.1, -0.05) is 13.8 Å². The maximum Gasteiger partial charge on any atom is 0.143 e. The topological polar surface area (TPSA) is 22.1 Å². The van der Waals surface area contributed by atoms with Crippen molar-refractivity contribution in [2.24, 2.45) is 0 Å². The Morgan fingerprint density at radius 3 is 2.93 bits per heavy atom. The maximum atomic E-state index is 5.68. The van der Waals surface area contributed by atoms with Crippen LogP contribution < -0.4 is 4.74 Å². The summed E-state index contributed by atoms with van der Waals surface area (Å²) in [5.41, 5.74) is 3.70. The molecule has 1 aliphatic heterocycles. The van der Waals surface area contributed by atoms with E-state index in [2.05, 4.69) is 24.9 Å². The van der Waals surface area contributed by atoms with Gasteiger partial charge in [0, 0.05) is 5.69 Å². The number of aromatic nitrogens is 1. The largest absolute Gasteiger partial charge is 0.491 e. The van der Waals surface area contributed by atoms with Crippen LogP contribution in [0.4, 0.5) is 0 Å². The quantitative estimate of drug-likeness (QED) is 0.716. The minimum atomic E-state index is 0.854. The van der Waals surface area contributed by atoms with Crippen LogP contribution in [0.1, 0.15) is 37.2 Å². The molecule has 0 aliphatic carbocycles. The molecule has 14 heavy (non-hydrogen) atoms. The van der Waals surface area contributed by atoms with Crippen LogP contribution in [0.3, 0.4) is 0 Å². The second-order valence-electron chi connectivity index (χ2n) is 3.71. The predicted molar refractivity (Wildman–Crippen MR) is 56.8 cm³/mol. The van der Waals surface area contributed by atoms with Crippen molar-refractivity contribution < 1.29 is 4.74 Å². The van der Waals surface area contributed by atoms with Crippen molar-refractivity contribution in [1.29, 1.82) is 0 Å². The Hall–Kier alpha value is -1.05. The van der Waals surface area contributed by atoms with Crippen LogP contribution in [0.25, 0.3) is 0 Å². The van der Waals surface area contributed by atoms with Crippen LogP contribution in [0.2, 0.25) is 0 Å². The van der Waals surface area contributed by atoms with Gasteiger partial charge in [0.1, 0.15) is 5.75 Å². The van der Waals surface area contributed by atoms with Crippen molar-refractivity contribution >= 4 is 0 Å². The predicted octanol–water partition coefficient (Wildman–Crippen LogP) is 2.53. The minimum Gasteiger partial charge on any atom is -0.491 e. The Bertz CT molecular complexity index is 316. The highest BCUT2D eigenvalue weighted by molar-refractivity contribution is 5.40. The Morgan fingerprint density at radius 1 is 1.36 bits per heavy atom. The number of hydrogen-bond donors (Lipinski definition) is 0. The molecular weight excluding hydrogens is 174 g/mol. The zero-order chi connectivity index (χ0) is 9.97. The fraction of sp³-hybridized carbons (Fsp3) is 0.583. The summed E-state index contributed by atoms with van der Waals surface area (Å²) < 4.78 is 5.68. The summed E-state index contributed by atoms with van der Waals surface area (Å²) in [5.74, 6) is 1.07. The third-order valence-electron chi connectivity index (χ3n) is 2.71. The molecule has 1 aromatic heterocycles. The van der Waals surface area contributed by atoms with Crippen LogP contribution >= 0.6 is 0 Å². The normalized spacial score (nSPS) is 14.7. The van der Waals surface area contributed by atoms with Gasteiger partial charge in [-0.3, -0.25) is 4.98 Å². The first kappa shape index (κ1) is 9.50. The lowest BCUT2D eigenvalue weighted by Gasteiger charge is -2.20. The Balaban J connectivity index is 2.47. The standard InChI is InChI=1S/C12H17NO/c1-3-10-8-9-6-5-7-14-12(9)11(4-2)13-10/h8H,3-7H2,1-2H3. The lowest BCUT2D eigenvalue weighted by Crippen LogP contribution is -2.12. The van der Waals surface area contributed by atoms with Gasteiger partial charge < -0.3 is 4.74 Å². The first-order valence-corrected chi connectivity index (χ1v) is 5.49. The molecule has 0 saturated heterocycles. The van der Waals surface area contributed by atoms with E-state index in [0.29, 0.717) is 0 Å². The number of fused-ring (bicyclic) bond motifs is 1. The van der Waals surface area contributed by atoms with E-state index >= 15 is 0 Å². The number of hydrogen-bond acceptors (Lipinski definition) is 2. The van der Waals surface area contributed by atoms with Gasteiger partial charge >= 0.3 is 0 Å². The zero-order valence-corrected chi connectivity index (χ0v) is 8.97. The summed E-state index contributed by atoms with van der Waals surface area (Å²) >= 11 is 0. The lowest BCUT2D eigenvalue weighted by atomic mass is 10.0. The van der Waals surface area contributed by atoms with E-state index in [1.165, 1.54) is 11.3 Å². The van der Waals surface area contributed by atoms with E-state index in [1.807, 2.05) is 0 Å². The van der Waals surface area contributed by atoms with Gasteiger partial charge in [-0.25, -0.2) is 0 Å². The highest BCUT2D eigenvalue weighted by Crippen LogP contribution is 2.28. The summed E-state index contributed by atoms with van der Waals surface area (Å²) in [6.45, 7) is 5.14. The first-order valence-electron chi connectivity index (χ1n) is 5.49. The summed E-state index contributed by atoms with van der Waals surface area (Å²) in [4.78, 5) is 4.60. The summed E-state index contributed by atoms with van der Waals surface area (Å²) in [7, 11) is 0. The second kappa shape index (κ2) is 3.99. The molecule has 76 valence electrons.